The van der Waals surface area contributed by atoms with Gasteiger partial charge >= 0.3 is 0 Å². The van der Waals surface area contributed by atoms with Crippen LogP contribution in [-0.2, 0) is 5.54 Å². The van der Waals surface area contributed by atoms with Crippen molar-refractivity contribution in [1.29, 1.82) is 0 Å². The van der Waals surface area contributed by atoms with Crippen LogP contribution < -0.4 is 14.5 Å². The van der Waals surface area contributed by atoms with E-state index in [1.54, 1.807) is 18.2 Å². The quantitative estimate of drug-likeness (QED) is 0.171. The second kappa shape index (κ2) is 11.0. The number of hydrogen-bond acceptors (Lipinski definition) is 6. The van der Waals surface area contributed by atoms with E-state index in [2.05, 4.69) is 37.5 Å². The number of hydrogen-bond donors (Lipinski definition) is 0. The Kier molecular flexibility index (Phi) is 6.80. The van der Waals surface area contributed by atoms with Crippen LogP contribution in [0.25, 0.3) is 10.8 Å². The first-order chi connectivity index (χ1) is 23.4. The molecule has 5 aromatic carbocycles. The van der Waals surface area contributed by atoms with Gasteiger partial charge in [-0.15, -0.1) is 0 Å². The Morgan fingerprint density at radius 1 is 0.562 bits per heavy atom. The second-order valence-electron chi connectivity index (χ2n) is 12.3. The molecule has 3 aliphatic rings. The molecule has 0 atom stereocenters. The van der Waals surface area contributed by atoms with Crippen LogP contribution >= 0.6 is 0 Å². The molecule has 0 aromatic heterocycles. The summed E-state index contributed by atoms with van der Waals surface area (Å²) in [5.74, 6) is -0.383. The number of amides is 3. The van der Waals surface area contributed by atoms with Crippen molar-refractivity contribution in [2.24, 2.45) is 0 Å². The molecule has 0 radical (unpaired) electrons. The van der Waals surface area contributed by atoms with Crippen LogP contribution in [0.1, 0.15) is 75.5 Å². The molecule has 0 bridgehead atoms. The molecule has 0 saturated heterocycles. The van der Waals surface area contributed by atoms with E-state index >= 15 is 0 Å². The van der Waals surface area contributed by atoms with Crippen molar-refractivity contribution in [3.63, 3.8) is 0 Å². The Morgan fingerprint density at radius 3 is 1.58 bits per heavy atom. The molecule has 240 valence electrons. The smallest absolute Gasteiger partial charge is 0.280 e. The average Bonchev–Trinajstić information content (AvgIpc) is 3.36. The molecule has 8 nitrogen and oxygen atoms in total. The molecular weight excluding hydrogens is 600 g/mol. The number of carbonyl (C=O) groups excluding carboxylic acids is 3. The van der Waals surface area contributed by atoms with E-state index in [0.29, 0.717) is 50.3 Å². The molecule has 8 rings (SSSR count). The molecule has 1 spiro atoms. The molecule has 8 heteroatoms. The van der Waals surface area contributed by atoms with Crippen molar-refractivity contribution in [3.8, 4) is 11.5 Å². The average molecular weight is 637 g/mol. The fourth-order valence-corrected chi connectivity index (χ4v) is 7.95. The third kappa shape index (κ3) is 3.86. The zero-order valence-electron chi connectivity index (χ0n) is 27.5. The number of benzene rings is 5. The van der Waals surface area contributed by atoms with Gasteiger partial charge in [0.05, 0.1) is 11.1 Å². The van der Waals surface area contributed by atoms with Crippen molar-refractivity contribution in [1.82, 2.24) is 10.0 Å². The number of nitrogens with zero attached hydrogens (tertiary/aromatic N) is 4. The van der Waals surface area contributed by atoms with Crippen LogP contribution in [0.5, 0.6) is 11.5 Å². The van der Waals surface area contributed by atoms with E-state index in [1.165, 1.54) is 5.01 Å². The first kappa shape index (κ1) is 29.8. The Bertz CT molecular complexity index is 2050. The lowest BCUT2D eigenvalue weighted by Crippen LogP contribution is -2.60. The van der Waals surface area contributed by atoms with Gasteiger partial charge in [0.1, 0.15) is 17.0 Å². The predicted octanol–water partition coefficient (Wildman–Crippen LogP) is 7.60. The van der Waals surface area contributed by atoms with Crippen molar-refractivity contribution in [2.45, 2.75) is 33.2 Å². The molecule has 0 aliphatic carbocycles. The number of fused-ring (bicyclic) bond motifs is 6. The van der Waals surface area contributed by atoms with Crippen molar-refractivity contribution in [3.05, 3.63) is 130 Å². The molecule has 3 amide bonds. The Labute approximate surface area is 279 Å². The summed E-state index contributed by atoms with van der Waals surface area (Å²) in [5.41, 5.74) is 3.80. The summed E-state index contributed by atoms with van der Waals surface area (Å²) >= 11 is 0. The summed E-state index contributed by atoms with van der Waals surface area (Å²) in [7, 11) is 0. The minimum absolute atomic E-state index is 0.378. The third-order valence-corrected chi connectivity index (χ3v) is 10.2. The van der Waals surface area contributed by atoms with E-state index in [1.807, 2.05) is 78.9 Å². The molecule has 0 fully saturated rings. The molecule has 0 N–H and O–H groups in total. The molecule has 3 heterocycles. The topological polar surface area (TPSA) is 73.4 Å². The van der Waals surface area contributed by atoms with Crippen LogP contribution in [0, 0.1) is 0 Å². The van der Waals surface area contributed by atoms with Gasteiger partial charge in [0.25, 0.3) is 17.7 Å². The SMILES string of the molecule is CCN(CC)c1ccc2c(c1)Oc1cc(N(CC)CC)ccc1C21c2ccccc2C(=O)N1N1C(=O)c2cccc3cccc(c23)C1=O. The van der Waals surface area contributed by atoms with Crippen LogP contribution in [0.4, 0.5) is 11.4 Å². The van der Waals surface area contributed by atoms with Gasteiger partial charge in [-0.05, 0) is 63.4 Å². The highest BCUT2D eigenvalue weighted by Gasteiger charge is 2.61. The highest BCUT2D eigenvalue weighted by molar-refractivity contribution is 6.26. The zero-order valence-corrected chi connectivity index (χ0v) is 27.5. The lowest BCUT2D eigenvalue weighted by molar-refractivity contribution is -0.0229. The molecule has 0 saturated carbocycles. The van der Waals surface area contributed by atoms with E-state index < -0.39 is 23.3 Å². The Balaban J connectivity index is 1.45. The molecule has 0 unspecified atom stereocenters. The van der Waals surface area contributed by atoms with Crippen LogP contribution in [-0.4, -0.2) is 53.9 Å². The lowest BCUT2D eigenvalue weighted by Gasteiger charge is -2.48. The van der Waals surface area contributed by atoms with E-state index in [-0.39, 0.29) is 0 Å². The van der Waals surface area contributed by atoms with Gasteiger partial charge in [0, 0.05) is 77.3 Å². The maximum atomic E-state index is 14.9. The number of hydrazine groups is 1. The fraction of sp³-hybridized carbons (Fsp3) is 0.225. The summed E-state index contributed by atoms with van der Waals surface area (Å²) in [5, 5.41) is 3.89. The first-order valence-corrected chi connectivity index (χ1v) is 16.7. The van der Waals surface area contributed by atoms with Gasteiger partial charge in [-0.1, -0.05) is 54.6 Å². The van der Waals surface area contributed by atoms with Gasteiger partial charge in [-0.3, -0.25) is 14.4 Å². The van der Waals surface area contributed by atoms with Gasteiger partial charge in [0.2, 0.25) is 0 Å². The minimum atomic E-state index is -1.38. The first-order valence-electron chi connectivity index (χ1n) is 16.7. The minimum Gasteiger partial charge on any atom is -0.456 e. The van der Waals surface area contributed by atoms with Gasteiger partial charge < -0.3 is 14.5 Å². The van der Waals surface area contributed by atoms with Crippen LogP contribution in [0.2, 0.25) is 0 Å². The lowest BCUT2D eigenvalue weighted by atomic mass is 9.75. The zero-order chi connectivity index (χ0) is 33.3. The maximum absolute atomic E-state index is 14.9. The van der Waals surface area contributed by atoms with E-state index in [4.69, 9.17) is 4.74 Å². The molecular formula is C40H36N4O4. The van der Waals surface area contributed by atoms with Crippen LogP contribution in [0.3, 0.4) is 0 Å². The largest absolute Gasteiger partial charge is 0.456 e. The number of ether oxygens (including phenoxy) is 1. The highest BCUT2D eigenvalue weighted by atomic mass is 16.5. The normalized spacial score (nSPS) is 15.4. The number of carbonyl (C=O) groups is 3. The summed E-state index contributed by atoms with van der Waals surface area (Å²) in [6.07, 6.45) is 0. The van der Waals surface area contributed by atoms with E-state index in [9.17, 15) is 14.4 Å². The van der Waals surface area contributed by atoms with Crippen molar-refractivity contribution >= 4 is 39.9 Å². The van der Waals surface area contributed by atoms with Crippen LogP contribution in [0.15, 0.2) is 97.1 Å². The Hall–Kier alpha value is -5.63. The highest BCUT2D eigenvalue weighted by Crippen LogP contribution is 2.59. The number of rotatable bonds is 7. The van der Waals surface area contributed by atoms with Gasteiger partial charge in [-0.25, -0.2) is 5.01 Å². The summed E-state index contributed by atoms with van der Waals surface area (Å²) in [6.45, 7) is 11.6. The number of imide groups is 1. The molecule has 48 heavy (non-hydrogen) atoms. The second-order valence-corrected chi connectivity index (χ2v) is 12.3. The van der Waals surface area contributed by atoms with Gasteiger partial charge in [-0.2, -0.15) is 5.01 Å². The Morgan fingerprint density at radius 2 is 1.06 bits per heavy atom. The predicted molar refractivity (Wildman–Crippen MR) is 187 cm³/mol. The third-order valence-electron chi connectivity index (χ3n) is 10.2. The maximum Gasteiger partial charge on any atom is 0.280 e. The summed E-state index contributed by atoms with van der Waals surface area (Å²) < 4.78 is 6.79. The molecule has 3 aliphatic heterocycles. The van der Waals surface area contributed by atoms with Crippen molar-refractivity contribution in [2.75, 3.05) is 36.0 Å². The fourth-order valence-electron chi connectivity index (χ4n) is 7.95. The molecule has 5 aromatic rings. The monoisotopic (exact) mass is 636 g/mol. The van der Waals surface area contributed by atoms with Crippen molar-refractivity contribution < 1.29 is 19.1 Å². The summed E-state index contributed by atoms with van der Waals surface area (Å²) in [6, 6.07) is 30.3. The van der Waals surface area contributed by atoms with E-state index in [0.717, 1.165) is 47.9 Å². The standard InChI is InChI=1S/C40H36N4O4/c1-5-41(6-2)26-19-21-32-34(23-26)48-35-24-27(42(7-3)8-4)20-22-33(35)40(32)31-18-10-9-15-28(31)39(47)44(40)43-37(45)29-16-11-13-25-14-12-17-30(36(25)29)38(43)46/h9-24H,5-8H2,1-4H3. The summed E-state index contributed by atoms with van der Waals surface area (Å²) in [4.78, 5) is 48.7. The number of anilines is 2. The van der Waals surface area contributed by atoms with Gasteiger partial charge in [0.15, 0.2) is 0 Å².